The average Bonchev–Trinajstić information content (AvgIpc) is 3.26. The second kappa shape index (κ2) is 18.0. The van der Waals surface area contributed by atoms with Crippen LogP contribution < -0.4 is 4.74 Å². The van der Waals surface area contributed by atoms with Crippen LogP contribution in [0.5, 0.6) is 5.75 Å². The van der Waals surface area contributed by atoms with Crippen LogP contribution in [0.1, 0.15) is 106 Å². The van der Waals surface area contributed by atoms with Gasteiger partial charge in [-0.25, -0.2) is 0 Å². The molecule has 9 heteroatoms. The minimum atomic E-state index is -0.717. The van der Waals surface area contributed by atoms with Crippen LogP contribution in [0.15, 0.2) is 47.4 Å². The molecule has 1 aromatic heterocycles. The van der Waals surface area contributed by atoms with Crippen molar-refractivity contribution in [3.8, 4) is 5.75 Å². The SMILES string of the molecule is CCOC(=O)C(C)(C)CC(=O)CSC(C)(C)C.CCOC(=O)C(C)(C)Cc1c(SC(C)(C)C)c2cc(OC)ccc2n1Cc1ccc(C)cc1. The number of ketones is 1. The smallest absolute Gasteiger partial charge is 0.311 e. The van der Waals surface area contributed by atoms with Gasteiger partial charge in [-0.2, -0.15) is 0 Å². The summed E-state index contributed by atoms with van der Waals surface area (Å²) in [7, 11) is 1.70. The largest absolute Gasteiger partial charge is 0.497 e. The van der Waals surface area contributed by atoms with E-state index in [1.165, 1.54) is 16.0 Å². The summed E-state index contributed by atoms with van der Waals surface area (Å²) in [5.41, 5.74) is 3.43. The number of aryl methyl sites for hydroxylation is 1. The van der Waals surface area contributed by atoms with Gasteiger partial charge < -0.3 is 18.8 Å². The first-order valence-electron chi connectivity index (χ1n) is 17.5. The number of ether oxygens (including phenoxy) is 3. The number of fused-ring (bicyclic) bond motifs is 1. The summed E-state index contributed by atoms with van der Waals surface area (Å²) in [5.74, 6) is 0.923. The van der Waals surface area contributed by atoms with E-state index in [-0.39, 0.29) is 33.6 Å². The number of methoxy groups -OCH3 is 1. The van der Waals surface area contributed by atoms with Gasteiger partial charge >= 0.3 is 11.9 Å². The summed E-state index contributed by atoms with van der Waals surface area (Å²) in [4.78, 5) is 37.4. The second-order valence-corrected chi connectivity index (χ2v) is 19.6. The van der Waals surface area contributed by atoms with E-state index in [0.717, 1.165) is 28.9 Å². The molecule has 0 spiro atoms. The van der Waals surface area contributed by atoms with Crippen LogP contribution in [0.3, 0.4) is 0 Å². The Bertz CT molecular complexity index is 1590. The van der Waals surface area contributed by atoms with E-state index in [4.69, 9.17) is 14.2 Å². The number of benzene rings is 2. The quantitative estimate of drug-likeness (QED) is 0.120. The van der Waals surface area contributed by atoms with E-state index in [1.54, 1.807) is 39.6 Å². The molecule has 7 nitrogen and oxygen atoms in total. The number of Topliss-reactive ketones (excluding diaryl/α,β-unsaturated/α-hetero) is 1. The van der Waals surface area contributed by atoms with Gasteiger partial charge in [-0.3, -0.25) is 14.4 Å². The molecule has 0 radical (unpaired) electrons. The van der Waals surface area contributed by atoms with E-state index in [0.29, 0.717) is 25.4 Å². The fraction of sp³-hybridized carbons (Fsp3) is 0.585. The minimum absolute atomic E-state index is 0.00880. The molecule has 0 aliphatic heterocycles. The highest BCUT2D eigenvalue weighted by atomic mass is 32.2. The predicted octanol–water partition coefficient (Wildman–Crippen LogP) is 10.1. The highest BCUT2D eigenvalue weighted by molar-refractivity contribution is 8.01. The molecule has 278 valence electrons. The molecule has 0 bridgehead atoms. The Morgan fingerprint density at radius 1 is 0.760 bits per heavy atom. The highest BCUT2D eigenvalue weighted by Crippen LogP contribution is 2.44. The van der Waals surface area contributed by atoms with Crippen molar-refractivity contribution in [1.82, 2.24) is 4.57 Å². The fourth-order valence-corrected chi connectivity index (χ4v) is 7.07. The van der Waals surface area contributed by atoms with E-state index < -0.39 is 10.8 Å². The molecular weight excluding hydrogens is 667 g/mol. The highest BCUT2D eigenvalue weighted by Gasteiger charge is 2.34. The Labute approximate surface area is 310 Å². The van der Waals surface area contributed by atoms with Gasteiger partial charge in [0.2, 0.25) is 0 Å². The Hall–Kier alpha value is -2.91. The van der Waals surface area contributed by atoms with Crippen LogP contribution in [0.2, 0.25) is 0 Å². The maximum absolute atomic E-state index is 12.8. The van der Waals surface area contributed by atoms with Crippen LogP contribution in [0.4, 0.5) is 0 Å². The predicted molar refractivity (Wildman–Crippen MR) is 211 cm³/mol. The van der Waals surface area contributed by atoms with Crippen LogP contribution in [-0.2, 0) is 36.8 Å². The number of thioether (sulfide) groups is 2. The Balaban J connectivity index is 0.000000432. The molecular formula is C41H61NO6S2. The molecule has 0 saturated carbocycles. The first kappa shape index (κ1) is 43.3. The Morgan fingerprint density at radius 2 is 1.32 bits per heavy atom. The molecule has 2 aromatic carbocycles. The zero-order chi connectivity index (χ0) is 38.1. The lowest BCUT2D eigenvalue weighted by Gasteiger charge is -2.26. The van der Waals surface area contributed by atoms with Gasteiger partial charge in [-0.15, -0.1) is 23.5 Å². The summed E-state index contributed by atoms with van der Waals surface area (Å²) in [5, 5.41) is 1.16. The molecule has 0 aliphatic carbocycles. The minimum Gasteiger partial charge on any atom is -0.497 e. The average molecular weight is 728 g/mol. The lowest BCUT2D eigenvalue weighted by molar-refractivity contribution is -0.155. The number of rotatable bonds is 14. The summed E-state index contributed by atoms with van der Waals surface area (Å²) < 4.78 is 18.4. The zero-order valence-electron chi connectivity index (χ0n) is 33.0. The number of carbonyl (C=O) groups is 3. The monoisotopic (exact) mass is 727 g/mol. The standard InChI is InChI=1S/C28H37NO3S.C13H24O3S/c1-9-32-26(30)28(6,7)17-24-25(33-27(3,4)5)22-16-21(31-8)14-15-23(22)29(24)18-20-12-10-19(2)11-13-20;1-7-16-11(15)13(5,6)8-10(14)9-17-12(2,3)4/h10-16H,9,17-18H2,1-8H3;7-9H2,1-6H3. The number of carbonyl (C=O) groups excluding carboxylic acids is 3. The molecule has 50 heavy (non-hydrogen) atoms. The van der Waals surface area contributed by atoms with Gasteiger partial charge in [0.25, 0.3) is 0 Å². The third-order valence-corrected chi connectivity index (χ3v) is 10.4. The lowest BCUT2D eigenvalue weighted by atomic mass is 9.87. The van der Waals surface area contributed by atoms with E-state index in [9.17, 15) is 14.4 Å². The van der Waals surface area contributed by atoms with E-state index in [2.05, 4.69) is 89.4 Å². The fourth-order valence-electron chi connectivity index (χ4n) is 5.19. The maximum atomic E-state index is 12.8. The van der Waals surface area contributed by atoms with E-state index >= 15 is 0 Å². The van der Waals surface area contributed by atoms with Gasteiger partial charge in [-0.1, -0.05) is 71.4 Å². The van der Waals surface area contributed by atoms with Crippen LogP contribution >= 0.6 is 23.5 Å². The van der Waals surface area contributed by atoms with Crippen LogP contribution in [0.25, 0.3) is 10.9 Å². The van der Waals surface area contributed by atoms with Crippen molar-refractivity contribution in [2.24, 2.45) is 10.8 Å². The second-order valence-electron chi connectivity index (χ2n) is 15.9. The van der Waals surface area contributed by atoms with Crippen molar-refractivity contribution in [2.75, 3.05) is 26.1 Å². The van der Waals surface area contributed by atoms with Gasteiger partial charge in [0.05, 0.1) is 36.9 Å². The molecule has 0 fully saturated rings. The van der Waals surface area contributed by atoms with Gasteiger partial charge in [-0.05, 0) is 72.2 Å². The number of aromatic nitrogens is 1. The normalized spacial score (nSPS) is 12.3. The van der Waals surface area contributed by atoms with Crippen molar-refractivity contribution >= 4 is 52.1 Å². The molecule has 0 saturated heterocycles. The molecule has 3 rings (SSSR count). The van der Waals surface area contributed by atoms with E-state index in [1.807, 2.05) is 38.6 Å². The van der Waals surface area contributed by atoms with Crippen molar-refractivity contribution in [2.45, 2.75) is 124 Å². The first-order chi connectivity index (χ1) is 23.0. The lowest BCUT2D eigenvalue weighted by Crippen LogP contribution is -2.30. The molecule has 0 N–H and O–H groups in total. The molecule has 0 unspecified atom stereocenters. The number of hydrogen-bond donors (Lipinski definition) is 0. The summed E-state index contributed by atoms with van der Waals surface area (Å²) in [6, 6.07) is 14.9. The summed E-state index contributed by atoms with van der Waals surface area (Å²) in [6.07, 6.45) is 0.835. The summed E-state index contributed by atoms with van der Waals surface area (Å²) >= 11 is 3.45. The van der Waals surface area contributed by atoms with Crippen molar-refractivity contribution < 1.29 is 28.6 Å². The number of esters is 2. The van der Waals surface area contributed by atoms with Gasteiger partial charge in [0, 0.05) is 50.4 Å². The molecule has 1 heterocycles. The van der Waals surface area contributed by atoms with Gasteiger partial charge in [0.15, 0.2) is 0 Å². The number of hydrogen-bond acceptors (Lipinski definition) is 8. The zero-order valence-corrected chi connectivity index (χ0v) is 34.6. The Kier molecular flexibility index (Phi) is 15.6. The molecule has 0 atom stereocenters. The van der Waals surface area contributed by atoms with Crippen molar-refractivity contribution in [3.63, 3.8) is 0 Å². The van der Waals surface area contributed by atoms with Crippen LogP contribution in [-0.4, -0.2) is 57.9 Å². The summed E-state index contributed by atoms with van der Waals surface area (Å²) in [6.45, 7) is 27.6. The number of nitrogens with zero attached hydrogens (tertiary/aromatic N) is 1. The topological polar surface area (TPSA) is 83.8 Å². The van der Waals surface area contributed by atoms with Crippen molar-refractivity contribution in [3.05, 3.63) is 59.3 Å². The van der Waals surface area contributed by atoms with Gasteiger partial charge in [0.1, 0.15) is 11.5 Å². The third kappa shape index (κ3) is 13.3. The molecule has 0 amide bonds. The van der Waals surface area contributed by atoms with Crippen molar-refractivity contribution in [1.29, 1.82) is 0 Å². The molecule has 0 aliphatic rings. The Morgan fingerprint density at radius 3 is 1.82 bits per heavy atom. The maximum Gasteiger partial charge on any atom is 0.311 e. The molecule has 3 aromatic rings. The van der Waals surface area contributed by atoms with Crippen LogP contribution in [0, 0.1) is 17.8 Å². The third-order valence-electron chi connectivity index (χ3n) is 7.77. The first-order valence-corrected chi connectivity index (χ1v) is 19.3.